The van der Waals surface area contributed by atoms with Crippen molar-refractivity contribution in [3.05, 3.63) is 29.3 Å². The molecule has 1 N–H and O–H groups in total. The highest BCUT2D eigenvalue weighted by Gasteiger charge is 2.24. The number of hydrogen-bond acceptors (Lipinski definition) is 5. The van der Waals surface area contributed by atoms with E-state index in [0.717, 1.165) is 0 Å². The molecule has 0 saturated carbocycles. The van der Waals surface area contributed by atoms with Gasteiger partial charge in [0.15, 0.2) is 0 Å². The molecule has 1 saturated heterocycles. The molecule has 124 valence electrons. The van der Waals surface area contributed by atoms with Crippen LogP contribution >= 0.6 is 11.6 Å². The molecule has 1 aliphatic rings. The molecule has 1 fully saturated rings. The summed E-state index contributed by atoms with van der Waals surface area (Å²) in [6, 6.07) is 6.96. The predicted molar refractivity (Wildman–Crippen MR) is 85.8 cm³/mol. The van der Waals surface area contributed by atoms with Crippen molar-refractivity contribution in [2.45, 2.75) is 6.10 Å². The summed E-state index contributed by atoms with van der Waals surface area (Å²) in [5.74, 6) is 0.658. The number of nitrogens with zero attached hydrogens (tertiary/aromatic N) is 2. The Morgan fingerprint density at radius 3 is 2.36 bits per heavy atom. The van der Waals surface area contributed by atoms with Gasteiger partial charge in [0.2, 0.25) is 10.0 Å². The lowest BCUT2D eigenvalue weighted by atomic mass is 10.3. The van der Waals surface area contributed by atoms with Gasteiger partial charge in [0.25, 0.3) is 0 Å². The van der Waals surface area contributed by atoms with Crippen LogP contribution in [-0.4, -0.2) is 74.4 Å². The quantitative estimate of drug-likeness (QED) is 0.817. The van der Waals surface area contributed by atoms with E-state index >= 15 is 0 Å². The van der Waals surface area contributed by atoms with Crippen LogP contribution in [0, 0.1) is 0 Å². The SMILES string of the molecule is CS(=O)(=O)N1CCN(C[C@H](O)COc2ccc(Cl)cc2)CC1. The lowest BCUT2D eigenvalue weighted by Crippen LogP contribution is -2.50. The second kappa shape index (κ2) is 7.61. The Morgan fingerprint density at radius 1 is 1.23 bits per heavy atom. The van der Waals surface area contributed by atoms with E-state index in [4.69, 9.17) is 16.3 Å². The molecule has 0 radical (unpaired) electrons. The van der Waals surface area contributed by atoms with Gasteiger partial charge in [-0.25, -0.2) is 8.42 Å². The number of β-amino-alcohol motifs (C(OH)–C–C–N with tert-alkyl or cyclic N) is 1. The topological polar surface area (TPSA) is 70.1 Å². The molecule has 0 unspecified atom stereocenters. The number of sulfonamides is 1. The number of aliphatic hydroxyl groups is 1. The highest BCUT2D eigenvalue weighted by atomic mass is 35.5. The Hall–Kier alpha value is -0.860. The van der Waals surface area contributed by atoms with Crippen LogP contribution in [-0.2, 0) is 10.0 Å². The van der Waals surface area contributed by atoms with Crippen LogP contribution in [0.5, 0.6) is 5.75 Å². The average Bonchev–Trinajstić information content (AvgIpc) is 2.46. The molecule has 1 atom stereocenters. The number of aliphatic hydroxyl groups excluding tert-OH is 1. The summed E-state index contributed by atoms with van der Waals surface area (Å²) in [5.41, 5.74) is 0. The van der Waals surface area contributed by atoms with E-state index in [1.54, 1.807) is 24.3 Å². The molecule has 1 heterocycles. The second-order valence-corrected chi connectivity index (χ2v) is 7.80. The van der Waals surface area contributed by atoms with E-state index in [9.17, 15) is 13.5 Å². The summed E-state index contributed by atoms with van der Waals surface area (Å²) in [6.45, 7) is 2.81. The molecule has 1 aliphatic heterocycles. The molecule has 0 spiro atoms. The van der Waals surface area contributed by atoms with E-state index in [1.165, 1.54) is 10.6 Å². The Morgan fingerprint density at radius 2 is 1.82 bits per heavy atom. The van der Waals surface area contributed by atoms with Crippen molar-refractivity contribution in [2.24, 2.45) is 0 Å². The normalized spacial score (nSPS) is 19.0. The van der Waals surface area contributed by atoms with Crippen molar-refractivity contribution in [2.75, 3.05) is 45.6 Å². The highest BCUT2D eigenvalue weighted by molar-refractivity contribution is 7.88. The summed E-state index contributed by atoms with van der Waals surface area (Å²) in [6.07, 6.45) is 0.595. The summed E-state index contributed by atoms with van der Waals surface area (Å²) < 4.78 is 29.8. The molecule has 2 rings (SSSR count). The van der Waals surface area contributed by atoms with Gasteiger partial charge in [0, 0.05) is 37.7 Å². The maximum absolute atomic E-state index is 11.4. The number of benzene rings is 1. The Labute approximate surface area is 136 Å². The molecule has 1 aromatic rings. The standard InChI is InChI=1S/C14H21ClN2O4S/c1-22(19,20)17-8-6-16(7-9-17)10-13(18)11-21-14-4-2-12(15)3-5-14/h2-5,13,18H,6-11H2,1H3/t13-/m0/s1. The third-order valence-corrected chi connectivity index (χ3v) is 5.08. The largest absolute Gasteiger partial charge is 0.491 e. The Bertz CT molecular complexity index is 571. The van der Waals surface area contributed by atoms with Crippen LogP contribution in [0.4, 0.5) is 0 Å². The first kappa shape index (κ1) is 17.5. The van der Waals surface area contributed by atoms with E-state index in [0.29, 0.717) is 43.5 Å². The Balaban J connectivity index is 1.72. The number of piperazine rings is 1. The van der Waals surface area contributed by atoms with Crippen LogP contribution in [0.15, 0.2) is 24.3 Å². The highest BCUT2D eigenvalue weighted by Crippen LogP contribution is 2.15. The molecular formula is C14H21ClN2O4S. The molecule has 0 bridgehead atoms. The van der Waals surface area contributed by atoms with E-state index in [2.05, 4.69) is 0 Å². The van der Waals surface area contributed by atoms with E-state index < -0.39 is 16.1 Å². The lowest BCUT2D eigenvalue weighted by molar-refractivity contribution is 0.0570. The van der Waals surface area contributed by atoms with Crippen molar-refractivity contribution in [3.8, 4) is 5.75 Å². The summed E-state index contributed by atoms with van der Waals surface area (Å²) in [4.78, 5) is 2.04. The number of ether oxygens (including phenoxy) is 1. The van der Waals surface area contributed by atoms with Gasteiger partial charge in [-0.15, -0.1) is 0 Å². The average molecular weight is 349 g/mol. The first-order valence-corrected chi connectivity index (χ1v) is 9.31. The minimum atomic E-state index is -3.12. The zero-order valence-electron chi connectivity index (χ0n) is 12.5. The van der Waals surface area contributed by atoms with Crippen LogP contribution in [0.1, 0.15) is 0 Å². The van der Waals surface area contributed by atoms with Gasteiger partial charge in [-0.05, 0) is 24.3 Å². The number of halogens is 1. The number of rotatable bonds is 6. The number of hydrogen-bond donors (Lipinski definition) is 1. The lowest BCUT2D eigenvalue weighted by Gasteiger charge is -2.34. The van der Waals surface area contributed by atoms with Crippen LogP contribution in [0.25, 0.3) is 0 Å². The molecule has 0 amide bonds. The van der Waals surface area contributed by atoms with Crippen molar-refractivity contribution in [1.29, 1.82) is 0 Å². The smallest absolute Gasteiger partial charge is 0.211 e. The van der Waals surface area contributed by atoms with E-state index in [-0.39, 0.29) is 6.61 Å². The molecule has 8 heteroatoms. The summed E-state index contributed by atoms with van der Waals surface area (Å²) >= 11 is 5.79. The van der Waals surface area contributed by atoms with Crippen molar-refractivity contribution in [1.82, 2.24) is 9.21 Å². The molecule has 6 nitrogen and oxygen atoms in total. The molecule has 22 heavy (non-hydrogen) atoms. The third kappa shape index (κ3) is 5.40. The first-order valence-electron chi connectivity index (χ1n) is 7.08. The van der Waals surface area contributed by atoms with Gasteiger partial charge in [-0.3, -0.25) is 4.90 Å². The third-order valence-electron chi connectivity index (χ3n) is 3.53. The fraction of sp³-hybridized carbons (Fsp3) is 0.571. The molecule has 1 aromatic carbocycles. The monoisotopic (exact) mass is 348 g/mol. The van der Waals surface area contributed by atoms with Crippen molar-refractivity contribution >= 4 is 21.6 Å². The summed E-state index contributed by atoms with van der Waals surface area (Å²) in [7, 11) is -3.12. The van der Waals surface area contributed by atoms with Gasteiger partial charge in [0.05, 0.1) is 6.26 Å². The summed E-state index contributed by atoms with van der Waals surface area (Å²) in [5, 5.41) is 10.7. The minimum absolute atomic E-state index is 0.188. The van der Waals surface area contributed by atoms with Gasteiger partial charge in [-0.1, -0.05) is 11.6 Å². The van der Waals surface area contributed by atoms with Crippen LogP contribution < -0.4 is 4.74 Å². The maximum Gasteiger partial charge on any atom is 0.211 e. The fourth-order valence-corrected chi connectivity index (χ4v) is 3.27. The van der Waals surface area contributed by atoms with Gasteiger partial charge >= 0.3 is 0 Å². The van der Waals surface area contributed by atoms with Crippen molar-refractivity contribution in [3.63, 3.8) is 0 Å². The zero-order chi connectivity index (χ0) is 16.2. The second-order valence-electron chi connectivity index (χ2n) is 5.38. The van der Waals surface area contributed by atoms with Gasteiger partial charge < -0.3 is 9.84 Å². The molecular weight excluding hydrogens is 328 g/mol. The van der Waals surface area contributed by atoms with E-state index in [1.807, 2.05) is 4.90 Å². The molecule has 0 aromatic heterocycles. The van der Waals surface area contributed by atoms with Gasteiger partial charge in [-0.2, -0.15) is 4.31 Å². The maximum atomic E-state index is 11.4. The minimum Gasteiger partial charge on any atom is -0.491 e. The van der Waals surface area contributed by atoms with Gasteiger partial charge in [0.1, 0.15) is 18.5 Å². The van der Waals surface area contributed by atoms with Crippen molar-refractivity contribution < 1.29 is 18.3 Å². The van der Waals surface area contributed by atoms with Crippen LogP contribution in [0.3, 0.4) is 0 Å². The fourth-order valence-electron chi connectivity index (χ4n) is 2.32. The zero-order valence-corrected chi connectivity index (χ0v) is 14.1. The Kier molecular flexibility index (Phi) is 6.05. The first-order chi connectivity index (χ1) is 10.3. The molecule has 0 aliphatic carbocycles. The van der Waals surface area contributed by atoms with Crippen LogP contribution in [0.2, 0.25) is 5.02 Å². The predicted octanol–water partition coefficient (Wildman–Crippen LogP) is 0.657.